The van der Waals surface area contributed by atoms with Crippen LogP contribution in [0.3, 0.4) is 0 Å². The lowest BCUT2D eigenvalue weighted by atomic mass is 9.82. The van der Waals surface area contributed by atoms with Crippen LogP contribution in [0.5, 0.6) is 5.75 Å². The number of ether oxygens (including phenoxy) is 2. The first-order valence-electron chi connectivity index (χ1n) is 10.0. The maximum absolute atomic E-state index is 12.5. The summed E-state index contributed by atoms with van der Waals surface area (Å²) in [7, 11) is 1.90. The molecule has 2 N–H and O–H groups in total. The minimum atomic E-state index is -0.354. The van der Waals surface area contributed by atoms with E-state index in [0.29, 0.717) is 26.2 Å². The van der Waals surface area contributed by atoms with E-state index in [1.807, 2.05) is 37.4 Å². The van der Waals surface area contributed by atoms with Gasteiger partial charge in [0.05, 0.1) is 5.54 Å². The lowest BCUT2D eigenvalue weighted by Crippen LogP contribution is -2.49. The molecule has 0 spiro atoms. The van der Waals surface area contributed by atoms with E-state index in [1.54, 1.807) is 0 Å². The van der Waals surface area contributed by atoms with E-state index in [4.69, 9.17) is 9.47 Å². The van der Waals surface area contributed by atoms with E-state index in [9.17, 15) is 4.79 Å². The van der Waals surface area contributed by atoms with Crippen LogP contribution in [-0.2, 0) is 21.7 Å². The van der Waals surface area contributed by atoms with Crippen molar-refractivity contribution in [2.24, 2.45) is 0 Å². The normalized spacial score (nSPS) is 15.8. The van der Waals surface area contributed by atoms with E-state index in [-0.39, 0.29) is 11.4 Å². The monoisotopic (exact) mass is 382 g/mol. The molecule has 2 aromatic rings. The van der Waals surface area contributed by atoms with Gasteiger partial charge in [-0.25, -0.2) is 0 Å². The second-order valence-electron chi connectivity index (χ2n) is 7.25. The third kappa shape index (κ3) is 5.57. The molecule has 0 radical (unpaired) electrons. The highest BCUT2D eigenvalue weighted by Gasteiger charge is 2.35. The predicted molar refractivity (Wildman–Crippen MR) is 110 cm³/mol. The number of amides is 1. The number of hydrogen-bond donors (Lipinski definition) is 2. The largest absolute Gasteiger partial charge is 0.489 e. The van der Waals surface area contributed by atoms with Crippen LogP contribution in [-0.4, -0.2) is 32.7 Å². The number of rotatable bonds is 9. The SMILES string of the molecule is CNCCCC(=O)NC1(c2ccc(OCc3ccccc3)cc2)CCOCC1. The highest BCUT2D eigenvalue weighted by atomic mass is 16.5. The molecule has 0 bridgehead atoms. The molecule has 5 nitrogen and oxygen atoms in total. The molecule has 1 aliphatic rings. The Morgan fingerprint density at radius 3 is 2.46 bits per heavy atom. The average molecular weight is 383 g/mol. The van der Waals surface area contributed by atoms with Gasteiger partial charge in [-0.05, 0) is 56.1 Å². The summed E-state index contributed by atoms with van der Waals surface area (Å²) in [6.07, 6.45) is 2.94. The molecule has 0 saturated carbocycles. The summed E-state index contributed by atoms with van der Waals surface area (Å²) in [5, 5.41) is 6.38. The second-order valence-corrected chi connectivity index (χ2v) is 7.25. The van der Waals surface area contributed by atoms with Crippen LogP contribution in [0, 0.1) is 0 Å². The van der Waals surface area contributed by atoms with Gasteiger partial charge >= 0.3 is 0 Å². The third-order valence-electron chi connectivity index (χ3n) is 5.21. The number of hydrogen-bond acceptors (Lipinski definition) is 4. The molecule has 5 heteroatoms. The highest BCUT2D eigenvalue weighted by Crippen LogP contribution is 2.33. The molecular weight excluding hydrogens is 352 g/mol. The Hall–Kier alpha value is -2.37. The Kier molecular flexibility index (Phi) is 7.46. The van der Waals surface area contributed by atoms with Crippen LogP contribution >= 0.6 is 0 Å². The van der Waals surface area contributed by atoms with Gasteiger partial charge in [0.1, 0.15) is 12.4 Å². The molecule has 1 saturated heterocycles. The molecule has 0 aliphatic carbocycles. The number of nitrogens with one attached hydrogen (secondary N) is 2. The van der Waals surface area contributed by atoms with Crippen molar-refractivity contribution in [3.8, 4) is 5.75 Å². The van der Waals surface area contributed by atoms with Gasteiger partial charge in [-0.3, -0.25) is 4.79 Å². The first kappa shape index (κ1) is 20.4. The number of carbonyl (C=O) groups excluding carboxylic acids is 1. The van der Waals surface area contributed by atoms with Gasteiger partial charge in [-0.1, -0.05) is 42.5 Å². The molecule has 1 heterocycles. The molecule has 1 fully saturated rings. The highest BCUT2D eigenvalue weighted by molar-refractivity contribution is 5.77. The van der Waals surface area contributed by atoms with Crippen LogP contribution in [0.2, 0.25) is 0 Å². The summed E-state index contributed by atoms with van der Waals surface area (Å²) < 4.78 is 11.4. The molecule has 3 rings (SSSR count). The minimum absolute atomic E-state index is 0.0987. The van der Waals surface area contributed by atoms with Gasteiger partial charge in [-0.15, -0.1) is 0 Å². The second kappa shape index (κ2) is 10.2. The fraction of sp³-hybridized carbons (Fsp3) is 0.435. The van der Waals surface area contributed by atoms with Crippen LogP contribution in [0.1, 0.15) is 36.8 Å². The van der Waals surface area contributed by atoms with Crippen molar-refractivity contribution in [1.82, 2.24) is 10.6 Å². The zero-order valence-electron chi connectivity index (χ0n) is 16.6. The Morgan fingerprint density at radius 2 is 1.79 bits per heavy atom. The topological polar surface area (TPSA) is 59.6 Å². The molecule has 1 aliphatic heterocycles. The van der Waals surface area contributed by atoms with Gasteiger partial charge in [0.2, 0.25) is 5.91 Å². The van der Waals surface area contributed by atoms with Crippen molar-refractivity contribution in [3.63, 3.8) is 0 Å². The fourth-order valence-corrected chi connectivity index (χ4v) is 3.57. The van der Waals surface area contributed by atoms with E-state index in [2.05, 4.69) is 34.9 Å². The molecular formula is C23H30N2O3. The summed E-state index contributed by atoms with van der Waals surface area (Å²) in [6, 6.07) is 18.2. The van der Waals surface area contributed by atoms with Gasteiger partial charge < -0.3 is 20.1 Å². The van der Waals surface area contributed by atoms with Gasteiger partial charge in [0, 0.05) is 19.6 Å². The molecule has 2 aromatic carbocycles. The van der Waals surface area contributed by atoms with Crippen LogP contribution in [0.4, 0.5) is 0 Å². The van der Waals surface area contributed by atoms with Crippen molar-refractivity contribution in [1.29, 1.82) is 0 Å². The first-order chi connectivity index (χ1) is 13.7. The summed E-state index contributed by atoms with van der Waals surface area (Å²) in [5.41, 5.74) is 1.90. The molecule has 0 aromatic heterocycles. The Balaban J connectivity index is 1.65. The first-order valence-corrected chi connectivity index (χ1v) is 10.0. The van der Waals surface area contributed by atoms with Crippen LogP contribution < -0.4 is 15.4 Å². The van der Waals surface area contributed by atoms with Crippen LogP contribution in [0.15, 0.2) is 54.6 Å². The minimum Gasteiger partial charge on any atom is -0.489 e. The Bertz CT molecular complexity index is 725. The molecule has 1 amide bonds. The van der Waals surface area contributed by atoms with Crippen molar-refractivity contribution < 1.29 is 14.3 Å². The van der Waals surface area contributed by atoms with E-state index in [1.165, 1.54) is 0 Å². The molecule has 0 atom stereocenters. The maximum Gasteiger partial charge on any atom is 0.220 e. The zero-order chi connectivity index (χ0) is 19.7. The molecule has 150 valence electrons. The maximum atomic E-state index is 12.5. The van der Waals surface area contributed by atoms with E-state index in [0.717, 1.165) is 42.7 Å². The van der Waals surface area contributed by atoms with Crippen molar-refractivity contribution >= 4 is 5.91 Å². The smallest absolute Gasteiger partial charge is 0.220 e. The van der Waals surface area contributed by atoms with E-state index >= 15 is 0 Å². The lowest BCUT2D eigenvalue weighted by Gasteiger charge is -2.38. The Morgan fingerprint density at radius 1 is 1.07 bits per heavy atom. The van der Waals surface area contributed by atoms with Crippen molar-refractivity contribution in [3.05, 3.63) is 65.7 Å². The summed E-state index contributed by atoms with van der Waals surface area (Å²) in [5.74, 6) is 0.928. The standard InChI is InChI=1S/C23H30N2O3/c1-24-15-5-8-22(26)25-23(13-16-27-17-14-23)20-9-11-21(12-10-20)28-18-19-6-3-2-4-7-19/h2-4,6-7,9-12,24H,5,8,13-18H2,1H3,(H,25,26). The average Bonchev–Trinajstić information content (AvgIpc) is 2.74. The third-order valence-corrected chi connectivity index (χ3v) is 5.21. The zero-order valence-corrected chi connectivity index (χ0v) is 16.6. The number of carbonyl (C=O) groups is 1. The van der Waals surface area contributed by atoms with Crippen molar-refractivity contribution in [2.75, 3.05) is 26.8 Å². The van der Waals surface area contributed by atoms with Gasteiger partial charge in [0.15, 0.2) is 0 Å². The summed E-state index contributed by atoms with van der Waals surface area (Å²) in [6.45, 7) is 2.70. The quantitative estimate of drug-likeness (QED) is 0.653. The fourth-order valence-electron chi connectivity index (χ4n) is 3.57. The summed E-state index contributed by atoms with van der Waals surface area (Å²) in [4.78, 5) is 12.5. The Labute approximate surface area is 167 Å². The van der Waals surface area contributed by atoms with E-state index < -0.39 is 0 Å². The lowest BCUT2D eigenvalue weighted by molar-refractivity contribution is -0.124. The predicted octanol–water partition coefficient (Wildman–Crippen LogP) is 3.39. The van der Waals surface area contributed by atoms with Crippen LogP contribution in [0.25, 0.3) is 0 Å². The molecule has 28 heavy (non-hydrogen) atoms. The number of benzene rings is 2. The summed E-state index contributed by atoms with van der Waals surface area (Å²) >= 11 is 0. The molecule has 0 unspecified atom stereocenters. The van der Waals surface area contributed by atoms with Gasteiger partial charge in [0.25, 0.3) is 0 Å². The van der Waals surface area contributed by atoms with Gasteiger partial charge in [-0.2, -0.15) is 0 Å². The van der Waals surface area contributed by atoms with Crippen molar-refractivity contribution in [2.45, 2.75) is 37.8 Å².